The Kier molecular flexibility index (Phi) is 9.49. The number of hydroxylamine groups is 1. The fourth-order valence-corrected chi connectivity index (χ4v) is 4.56. The van der Waals surface area contributed by atoms with Gasteiger partial charge in [-0.1, -0.05) is 43.5 Å². The molecule has 0 radical (unpaired) electrons. The summed E-state index contributed by atoms with van der Waals surface area (Å²) < 4.78 is 56.0. The highest BCUT2D eigenvalue weighted by atomic mass is 19.4. The number of alkyl halides is 3. The Bertz CT molecular complexity index is 1030. The minimum Gasteiger partial charge on any atom is -0.481 e. The van der Waals surface area contributed by atoms with Gasteiger partial charge in [-0.25, -0.2) is 4.39 Å². The Balaban J connectivity index is 1.61. The van der Waals surface area contributed by atoms with Gasteiger partial charge in [0.2, 0.25) is 0 Å². The maximum absolute atomic E-state index is 14.6. The molecule has 0 unspecified atom stereocenters. The predicted molar refractivity (Wildman–Crippen MR) is 129 cm³/mol. The van der Waals surface area contributed by atoms with Crippen molar-refractivity contribution in [1.82, 2.24) is 10.8 Å². The molecule has 9 heteroatoms. The minimum absolute atomic E-state index is 0.0538. The number of benzene rings is 2. The summed E-state index contributed by atoms with van der Waals surface area (Å²) in [6, 6.07) is 9.15. The van der Waals surface area contributed by atoms with Crippen LogP contribution in [-0.2, 0) is 34.5 Å². The van der Waals surface area contributed by atoms with E-state index in [4.69, 9.17) is 9.94 Å². The van der Waals surface area contributed by atoms with Gasteiger partial charge in [-0.15, -0.1) is 0 Å². The zero-order valence-electron chi connectivity index (χ0n) is 20.7. The van der Waals surface area contributed by atoms with Crippen LogP contribution >= 0.6 is 0 Å². The number of rotatable bonds is 11. The molecular formula is C27H34F4N2O3. The molecule has 1 aliphatic rings. The summed E-state index contributed by atoms with van der Waals surface area (Å²) in [6.45, 7) is 3.91. The van der Waals surface area contributed by atoms with Gasteiger partial charge in [0.25, 0.3) is 0 Å². The van der Waals surface area contributed by atoms with Gasteiger partial charge in [0.1, 0.15) is 5.82 Å². The second kappa shape index (κ2) is 12.2. The molecule has 3 rings (SSSR count). The van der Waals surface area contributed by atoms with Gasteiger partial charge in [-0.05, 0) is 61.4 Å². The number of halogens is 4. The van der Waals surface area contributed by atoms with Crippen molar-refractivity contribution >= 4 is 5.97 Å². The molecule has 0 amide bonds. The Morgan fingerprint density at radius 3 is 2.44 bits per heavy atom. The number of hydrogen-bond acceptors (Lipinski definition) is 4. The van der Waals surface area contributed by atoms with Crippen molar-refractivity contribution in [3.05, 3.63) is 70.0 Å². The van der Waals surface area contributed by atoms with Crippen LogP contribution < -0.4 is 10.8 Å². The van der Waals surface area contributed by atoms with E-state index in [0.29, 0.717) is 22.3 Å². The van der Waals surface area contributed by atoms with Crippen LogP contribution in [0.5, 0.6) is 0 Å². The lowest BCUT2D eigenvalue weighted by Gasteiger charge is -2.27. The van der Waals surface area contributed by atoms with E-state index in [0.717, 1.165) is 32.1 Å². The van der Waals surface area contributed by atoms with Crippen molar-refractivity contribution < 1.29 is 32.3 Å². The van der Waals surface area contributed by atoms with Crippen LogP contribution in [0.1, 0.15) is 86.1 Å². The monoisotopic (exact) mass is 510 g/mol. The highest BCUT2D eigenvalue weighted by Gasteiger charge is 2.36. The van der Waals surface area contributed by atoms with E-state index in [1.165, 1.54) is 12.1 Å². The van der Waals surface area contributed by atoms with Crippen LogP contribution in [0.2, 0.25) is 0 Å². The zero-order chi connectivity index (χ0) is 26.3. The van der Waals surface area contributed by atoms with E-state index < -0.39 is 29.1 Å². The first-order valence-electron chi connectivity index (χ1n) is 12.3. The average molecular weight is 511 g/mol. The Labute approximate surface area is 209 Å². The molecule has 0 atom stereocenters. The summed E-state index contributed by atoms with van der Waals surface area (Å²) in [5, 5.41) is 11.6. The number of carboxylic acids is 1. The van der Waals surface area contributed by atoms with Gasteiger partial charge in [-0.3, -0.25) is 9.63 Å². The molecule has 5 nitrogen and oxygen atoms in total. The van der Waals surface area contributed by atoms with Gasteiger partial charge < -0.3 is 10.4 Å². The summed E-state index contributed by atoms with van der Waals surface area (Å²) in [4.78, 5) is 16.1. The van der Waals surface area contributed by atoms with E-state index >= 15 is 0 Å². The van der Waals surface area contributed by atoms with Gasteiger partial charge in [-0.2, -0.15) is 18.7 Å². The molecule has 0 saturated heterocycles. The molecule has 2 aromatic rings. The highest BCUT2D eigenvalue weighted by Crippen LogP contribution is 2.41. The summed E-state index contributed by atoms with van der Waals surface area (Å²) in [5.74, 6) is -1.44. The van der Waals surface area contributed by atoms with Crippen LogP contribution in [0.4, 0.5) is 17.6 Å². The number of carbonyl (C=O) groups is 1. The summed E-state index contributed by atoms with van der Waals surface area (Å²) >= 11 is 0. The predicted octanol–water partition coefficient (Wildman–Crippen LogP) is 6.41. The largest absolute Gasteiger partial charge is 0.481 e. The number of nitrogens with one attached hydrogen (secondary N) is 2. The van der Waals surface area contributed by atoms with Crippen LogP contribution in [0.3, 0.4) is 0 Å². The number of carboxylic acid groups (broad SMARTS) is 1. The van der Waals surface area contributed by atoms with Crippen molar-refractivity contribution in [2.24, 2.45) is 0 Å². The van der Waals surface area contributed by atoms with Crippen LogP contribution in [-0.4, -0.2) is 17.6 Å². The first-order chi connectivity index (χ1) is 17.0. The molecule has 3 N–H and O–H groups in total. The van der Waals surface area contributed by atoms with Crippen molar-refractivity contribution in [2.75, 3.05) is 6.54 Å². The van der Waals surface area contributed by atoms with Gasteiger partial charge >= 0.3 is 12.1 Å². The van der Waals surface area contributed by atoms with E-state index in [-0.39, 0.29) is 32.0 Å². The first-order valence-corrected chi connectivity index (χ1v) is 12.3. The van der Waals surface area contributed by atoms with Crippen LogP contribution in [0.15, 0.2) is 36.4 Å². The van der Waals surface area contributed by atoms with Crippen molar-refractivity contribution in [1.29, 1.82) is 0 Å². The molecule has 0 spiro atoms. The summed E-state index contributed by atoms with van der Waals surface area (Å²) in [5.41, 5.74) is 3.20. The minimum atomic E-state index is -4.43. The lowest BCUT2D eigenvalue weighted by atomic mass is 9.81. The fraction of sp³-hybridized carbons (Fsp3) is 0.519. The molecule has 0 aliphatic heterocycles. The van der Waals surface area contributed by atoms with Crippen LogP contribution in [0, 0.1) is 5.82 Å². The topological polar surface area (TPSA) is 70.6 Å². The molecule has 2 aromatic carbocycles. The molecule has 0 aromatic heterocycles. The number of aliphatic carboxylic acids is 1. The zero-order valence-corrected chi connectivity index (χ0v) is 20.7. The second-order valence-electron chi connectivity index (χ2n) is 9.90. The molecule has 1 aliphatic carbocycles. The lowest BCUT2D eigenvalue weighted by Crippen LogP contribution is -2.36. The van der Waals surface area contributed by atoms with Crippen molar-refractivity contribution in [3.8, 4) is 0 Å². The third-order valence-electron chi connectivity index (χ3n) is 6.64. The fourth-order valence-electron chi connectivity index (χ4n) is 4.56. The molecule has 1 saturated carbocycles. The third-order valence-corrected chi connectivity index (χ3v) is 6.64. The Hall–Kier alpha value is -2.49. The Morgan fingerprint density at radius 1 is 1.08 bits per heavy atom. The van der Waals surface area contributed by atoms with E-state index in [9.17, 15) is 22.4 Å². The van der Waals surface area contributed by atoms with Crippen LogP contribution in [0.25, 0.3) is 0 Å². The van der Waals surface area contributed by atoms with E-state index in [1.807, 2.05) is 0 Å². The average Bonchev–Trinajstić information content (AvgIpc) is 2.82. The maximum atomic E-state index is 14.6. The summed E-state index contributed by atoms with van der Waals surface area (Å²) in [6.07, 6.45) is 0.0503. The SMILES string of the molecule is CC(C)(NOCc1ccc(C2CCCCC2)c(C(F)(F)F)c1)c1ccc(CNCCC(=O)O)c(F)c1. The molecule has 198 valence electrons. The van der Waals surface area contributed by atoms with Gasteiger partial charge in [0, 0.05) is 18.7 Å². The van der Waals surface area contributed by atoms with E-state index in [2.05, 4.69) is 10.8 Å². The molecule has 1 fully saturated rings. The maximum Gasteiger partial charge on any atom is 0.416 e. The summed E-state index contributed by atoms with van der Waals surface area (Å²) in [7, 11) is 0. The molecular weight excluding hydrogens is 476 g/mol. The van der Waals surface area contributed by atoms with Gasteiger partial charge in [0.15, 0.2) is 0 Å². The van der Waals surface area contributed by atoms with Crippen molar-refractivity contribution in [3.63, 3.8) is 0 Å². The van der Waals surface area contributed by atoms with E-state index in [1.54, 1.807) is 38.1 Å². The standard InChI is InChI=1S/C27H34F4N2O3/c1-26(2,21-10-9-20(24(28)15-21)16-32-13-12-25(34)35)33-36-17-18-8-11-22(19-6-4-3-5-7-19)23(14-18)27(29,30)31/h8-11,14-15,19,32-33H,3-7,12-13,16-17H2,1-2H3,(H,34,35). The Morgan fingerprint density at radius 2 is 1.81 bits per heavy atom. The highest BCUT2D eigenvalue weighted by molar-refractivity contribution is 5.66. The molecule has 0 heterocycles. The molecule has 0 bridgehead atoms. The third kappa shape index (κ3) is 7.75. The lowest BCUT2D eigenvalue weighted by molar-refractivity contribution is -0.139. The van der Waals surface area contributed by atoms with Gasteiger partial charge in [0.05, 0.1) is 24.1 Å². The quantitative estimate of drug-likeness (QED) is 0.185. The molecule has 36 heavy (non-hydrogen) atoms. The second-order valence-corrected chi connectivity index (χ2v) is 9.90. The van der Waals surface area contributed by atoms with Crippen molar-refractivity contribution in [2.45, 2.75) is 83.2 Å². The normalized spacial score (nSPS) is 15.3. The smallest absolute Gasteiger partial charge is 0.416 e. The first kappa shape index (κ1) is 28.1. The number of hydrogen-bond donors (Lipinski definition) is 3.